The van der Waals surface area contributed by atoms with Gasteiger partial charge in [0.15, 0.2) is 0 Å². The third-order valence-electron chi connectivity index (χ3n) is 3.49. The number of amides is 1. The van der Waals surface area contributed by atoms with E-state index in [1.54, 1.807) is 11.8 Å². The first-order valence-corrected chi connectivity index (χ1v) is 8.15. The molecular weight excluding hydrogens is 278 g/mol. The summed E-state index contributed by atoms with van der Waals surface area (Å²) in [6, 6.07) is 16.2. The molecule has 0 spiro atoms. The van der Waals surface area contributed by atoms with Crippen LogP contribution in [0.3, 0.4) is 0 Å². The second-order valence-electron chi connectivity index (χ2n) is 5.23. The van der Waals surface area contributed by atoms with Crippen molar-refractivity contribution in [1.82, 2.24) is 0 Å². The highest BCUT2D eigenvalue weighted by Crippen LogP contribution is 2.20. The number of aryl methyl sites for hydroxylation is 2. The Morgan fingerprint density at radius 1 is 1.10 bits per heavy atom. The van der Waals surface area contributed by atoms with E-state index in [9.17, 15) is 4.79 Å². The molecule has 1 N–H and O–H groups in total. The van der Waals surface area contributed by atoms with Gasteiger partial charge in [0.05, 0.1) is 5.25 Å². The Labute approximate surface area is 131 Å². The Kier molecular flexibility index (Phi) is 5.45. The van der Waals surface area contributed by atoms with Crippen molar-refractivity contribution in [2.75, 3.05) is 5.32 Å². The average molecular weight is 299 g/mol. The normalized spacial score (nSPS) is 12.0. The van der Waals surface area contributed by atoms with Crippen LogP contribution in [0, 0.1) is 13.8 Å². The highest BCUT2D eigenvalue weighted by molar-refractivity contribution is 7.99. The predicted octanol–water partition coefficient (Wildman–Crippen LogP) is 4.56. The van der Waals surface area contributed by atoms with Gasteiger partial charge in [-0.1, -0.05) is 36.4 Å². The fourth-order valence-electron chi connectivity index (χ4n) is 1.93. The summed E-state index contributed by atoms with van der Waals surface area (Å²) >= 11 is 1.65. The number of rotatable bonds is 5. The summed E-state index contributed by atoms with van der Waals surface area (Å²) in [7, 11) is 0. The van der Waals surface area contributed by atoms with Crippen LogP contribution in [-0.4, -0.2) is 11.2 Å². The molecule has 0 aliphatic carbocycles. The van der Waals surface area contributed by atoms with Crippen molar-refractivity contribution < 1.29 is 4.79 Å². The van der Waals surface area contributed by atoms with Gasteiger partial charge in [0, 0.05) is 11.4 Å². The van der Waals surface area contributed by atoms with Gasteiger partial charge in [-0.15, -0.1) is 11.8 Å². The Morgan fingerprint density at radius 3 is 2.48 bits per heavy atom. The third kappa shape index (κ3) is 4.64. The maximum Gasteiger partial charge on any atom is 0.237 e. The van der Waals surface area contributed by atoms with Crippen LogP contribution >= 0.6 is 11.8 Å². The van der Waals surface area contributed by atoms with Crippen LogP contribution in [0.15, 0.2) is 48.5 Å². The third-order valence-corrected chi connectivity index (χ3v) is 4.70. The molecule has 1 atom stereocenters. The quantitative estimate of drug-likeness (QED) is 0.876. The van der Waals surface area contributed by atoms with Crippen molar-refractivity contribution in [2.45, 2.75) is 31.8 Å². The van der Waals surface area contributed by atoms with E-state index in [1.165, 1.54) is 16.7 Å². The lowest BCUT2D eigenvalue weighted by molar-refractivity contribution is -0.115. The lowest BCUT2D eigenvalue weighted by atomic mass is 10.1. The van der Waals surface area contributed by atoms with E-state index in [-0.39, 0.29) is 11.2 Å². The standard InChI is InChI=1S/C18H21NOS/c1-13-9-10-17(11-14(13)2)19-18(20)15(3)21-12-16-7-5-4-6-8-16/h4-11,15H,12H2,1-3H3,(H,19,20)/t15-/m0/s1. The number of nitrogens with one attached hydrogen (secondary N) is 1. The first-order chi connectivity index (χ1) is 10.1. The number of benzene rings is 2. The first-order valence-electron chi connectivity index (χ1n) is 7.10. The summed E-state index contributed by atoms with van der Waals surface area (Å²) in [6.07, 6.45) is 0. The van der Waals surface area contributed by atoms with Crippen molar-refractivity contribution in [3.63, 3.8) is 0 Å². The van der Waals surface area contributed by atoms with E-state index >= 15 is 0 Å². The summed E-state index contributed by atoms with van der Waals surface area (Å²) in [5, 5.41) is 2.91. The minimum absolute atomic E-state index is 0.0548. The van der Waals surface area contributed by atoms with Crippen LogP contribution in [0.2, 0.25) is 0 Å². The first kappa shape index (κ1) is 15.6. The summed E-state index contributed by atoms with van der Waals surface area (Å²) in [5.74, 6) is 0.904. The summed E-state index contributed by atoms with van der Waals surface area (Å²) in [5.41, 5.74) is 4.54. The molecule has 2 nitrogen and oxygen atoms in total. The van der Waals surface area contributed by atoms with Crippen LogP contribution in [0.4, 0.5) is 5.69 Å². The molecule has 0 saturated heterocycles. The minimum Gasteiger partial charge on any atom is -0.325 e. The smallest absolute Gasteiger partial charge is 0.237 e. The zero-order valence-corrected chi connectivity index (χ0v) is 13.5. The van der Waals surface area contributed by atoms with Crippen molar-refractivity contribution in [1.29, 1.82) is 0 Å². The molecule has 0 radical (unpaired) electrons. The molecule has 0 aliphatic heterocycles. The van der Waals surface area contributed by atoms with E-state index < -0.39 is 0 Å². The molecule has 2 aromatic rings. The van der Waals surface area contributed by atoms with Gasteiger partial charge in [-0.3, -0.25) is 4.79 Å². The van der Waals surface area contributed by atoms with Gasteiger partial charge >= 0.3 is 0 Å². The van der Waals surface area contributed by atoms with Gasteiger partial charge in [0.2, 0.25) is 5.91 Å². The molecule has 0 aliphatic rings. The monoisotopic (exact) mass is 299 g/mol. The number of hydrogen-bond donors (Lipinski definition) is 1. The van der Waals surface area contributed by atoms with Crippen molar-refractivity contribution in [3.05, 3.63) is 65.2 Å². The molecule has 1 amide bonds. The number of thioether (sulfide) groups is 1. The number of carbonyl (C=O) groups excluding carboxylic acids is 1. The number of carbonyl (C=O) groups is 1. The molecule has 3 heteroatoms. The topological polar surface area (TPSA) is 29.1 Å². The summed E-state index contributed by atoms with van der Waals surface area (Å²) < 4.78 is 0. The van der Waals surface area contributed by atoms with Crippen molar-refractivity contribution >= 4 is 23.4 Å². The highest BCUT2D eigenvalue weighted by Gasteiger charge is 2.13. The lowest BCUT2D eigenvalue weighted by Gasteiger charge is -2.13. The Bertz CT molecular complexity index is 610. The molecule has 0 fully saturated rings. The Morgan fingerprint density at radius 2 is 1.81 bits per heavy atom. The zero-order valence-electron chi connectivity index (χ0n) is 12.7. The summed E-state index contributed by atoms with van der Waals surface area (Å²) in [6.45, 7) is 6.07. The Hall–Kier alpha value is -1.74. The van der Waals surface area contributed by atoms with Crippen molar-refractivity contribution in [3.8, 4) is 0 Å². The summed E-state index contributed by atoms with van der Waals surface area (Å²) in [4.78, 5) is 12.2. The van der Waals surface area contributed by atoms with Crippen LogP contribution in [0.25, 0.3) is 0 Å². The van der Waals surface area contributed by atoms with Crippen LogP contribution in [0.5, 0.6) is 0 Å². The predicted molar refractivity (Wildman–Crippen MR) is 91.7 cm³/mol. The molecule has 0 saturated carbocycles. The van der Waals surface area contributed by atoms with Crippen LogP contribution in [-0.2, 0) is 10.5 Å². The molecule has 0 unspecified atom stereocenters. The van der Waals surface area contributed by atoms with Gasteiger partial charge < -0.3 is 5.32 Å². The molecule has 0 aromatic heterocycles. The van der Waals surface area contributed by atoms with Gasteiger partial charge in [-0.2, -0.15) is 0 Å². The van der Waals surface area contributed by atoms with E-state index in [1.807, 2.05) is 43.3 Å². The van der Waals surface area contributed by atoms with Gasteiger partial charge in [0.25, 0.3) is 0 Å². The number of anilines is 1. The Balaban J connectivity index is 1.89. The molecule has 0 bridgehead atoms. The van der Waals surface area contributed by atoms with Gasteiger partial charge in [-0.25, -0.2) is 0 Å². The minimum atomic E-state index is -0.0770. The molecule has 2 aromatic carbocycles. The van der Waals surface area contributed by atoms with Gasteiger partial charge in [-0.05, 0) is 49.6 Å². The van der Waals surface area contributed by atoms with E-state index in [2.05, 4.69) is 31.3 Å². The van der Waals surface area contributed by atoms with E-state index in [0.717, 1.165) is 11.4 Å². The second kappa shape index (κ2) is 7.32. The molecule has 21 heavy (non-hydrogen) atoms. The largest absolute Gasteiger partial charge is 0.325 e. The van der Waals surface area contributed by atoms with Gasteiger partial charge in [0.1, 0.15) is 0 Å². The number of hydrogen-bond acceptors (Lipinski definition) is 2. The van der Waals surface area contributed by atoms with E-state index in [4.69, 9.17) is 0 Å². The molecular formula is C18H21NOS. The fourth-order valence-corrected chi connectivity index (χ4v) is 2.78. The van der Waals surface area contributed by atoms with Crippen molar-refractivity contribution in [2.24, 2.45) is 0 Å². The molecule has 0 heterocycles. The molecule has 2 rings (SSSR count). The lowest BCUT2D eigenvalue weighted by Crippen LogP contribution is -2.22. The van der Waals surface area contributed by atoms with Crippen LogP contribution in [0.1, 0.15) is 23.6 Å². The highest BCUT2D eigenvalue weighted by atomic mass is 32.2. The fraction of sp³-hybridized carbons (Fsp3) is 0.278. The van der Waals surface area contributed by atoms with E-state index in [0.29, 0.717) is 0 Å². The second-order valence-corrected chi connectivity index (χ2v) is 6.56. The maximum atomic E-state index is 12.2. The molecule has 110 valence electrons. The maximum absolute atomic E-state index is 12.2. The zero-order chi connectivity index (χ0) is 15.2. The SMILES string of the molecule is Cc1ccc(NC(=O)[C@H](C)SCc2ccccc2)cc1C. The van der Waals surface area contributed by atoms with Crippen LogP contribution < -0.4 is 5.32 Å². The average Bonchev–Trinajstić information content (AvgIpc) is 2.49.